The molecule has 31 heavy (non-hydrogen) atoms. The van der Waals surface area contributed by atoms with E-state index in [1.807, 2.05) is 0 Å². The Balaban J connectivity index is 1.97. The van der Waals surface area contributed by atoms with E-state index in [-0.39, 0.29) is 5.54 Å². The third-order valence-corrected chi connectivity index (χ3v) is 6.60. The van der Waals surface area contributed by atoms with E-state index in [2.05, 4.69) is 78.9 Å². The van der Waals surface area contributed by atoms with Gasteiger partial charge in [0.25, 0.3) is 0 Å². The maximum atomic E-state index is 5.22. The molecule has 1 unspecified atom stereocenters. The summed E-state index contributed by atoms with van der Waals surface area (Å²) < 4.78 is 5.22. The van der Waals surface area contributed by atoms with Crippen molar-refractivity contribution in [2.75, 3.05) is 46.4 Å². The highest BCUT2D eigenvalue weighted by molar-refractivity contribution is 5.80. The largest absolute Gasteiger partial charge is 0.383 e. The van der Waals surface area contributed by atoms with E-state index in [0.29, 0.717) is 12.1 Å². The molecule has 1 saturated heterocycles. The van der Waals surface area contributed by atoms with Crippen LogP contribution in [0.2, 0.25) is 0 Å². The molecule has 176 valence electrons. The van der Waals surface area contributed by atoms with Crippen LogP contribution in [-0.4, -0.2) is 68.9 Å². The number of nitrogens with one attached hydrogen (secondary N) is 3. The van der Waals surface area contributed by atoms with Gasteiger partial charge in [0.15, 0.2) is 5.96 Å². The summed E-state index contributed by atoms with van der Waals surface area (Å²) in [5, 5.41) is 11.0. The van der Waals surface area contributed by atoms with Crippen LogP contribution in [0, 0.1) is 0 Å². The summed E-state index contributed by atoms with van der Waals surface area (Å²) in [6, 6.07) is 11.5. The van der Waals surface area contributed by atoms with Crippen LogP contribution in [0.5, 0.6) is 0 Å². The Morgan fingerprint density at radius 2 is 1.84 bits per heavy atom. The first-order chi connectivity index (χ1) is 15.1. The minimum atomic E-state index is -0.0128. The SMILES string of the molecule is CCNC(=NCC(CC)(CC)NC(C)c1ccccc1)NC1CCN(CCOC)CC1. The number of hydrogen-bond donors (Lipinski definition) is 3. The lowest BCUT2D eigenvalue weighted by Gasteiger charge is -2.36. The number of ether oxygens (including phenoxy) is 1. The molecule has 0 saturated carbocycles. The first-order valence-electron chi connectivity index (χ1n) is 12.1. The van der Waals surface area contributed by atoms with Crippen LogP contribution in [0.4, 0.5) is 0 Å². The van der Waals surface area contributed by atoms with Crippen LogP contribution in [-0.2, 0) is 4.74 Å². The molecule has 0 spiro atoms. The van der Waals surface area contributed by atoms with Gasteiger partial charge in [0, 0.05) is 50.9 Å². The lowest BCUT2D eigenvalue weighted by atomic mass is 9.90. The summed E-state index contributed by atoms with van der Waals surface area (Å²) in [5.41, 5.74) is 1.31. The van der Waals surface area contributed by atoms with Gasteiger partial charge in [0.1, 0.15) is 0 Å². The molecule has 1 aliphatic rings. The van der Waals surface area contributed by atoms with Crippen LogP contribution in [0.15, 0.2) is 35.3 Å². The average molecular weight is 432 g/mol. The maximum Gasteiger partial charge on any atom is 0.191 e. The van der Waals surface area contributed by atoms with Crippen LogP contribution in [0.1, 0.15) is 65.0 Å². The van der Waals surface area contributed by atoms with Gasteiger partial charge in [-0.1, -0.05) is 44.2 Å². The van der Waals surface area contributed by atoms with Gasteiger partial charge in [-0.05, 0) is 45.1 Å². The van der Waals surface area contributed by atoms with Gasteiger partial charge in [-0.3, -0.25) is 4.99 Å². The summed E-state index contributed by atoms with van der Waals surface area (Å²) in [7, 11) is 1.77. The van der Waals surface area contributed by atoms with Gasteiger partial charge in [0.05, 0.1) is 13.2 Å². The zero-order valence-electron chi connectivity index (χ0n) is 20.4. The highest BCUT2D eigenvalue weighted by Gasteiger charge is 2.28. The second-order valence-corrected chi connectivity index (χ2v) is 8.71. The van der Waals surface area contributed by atoms with E-state index in [1.54, 1.807) is 7.11 Å². The first kappa shape index (κ1) is 25.6. The minimum absolute atomic E-state index is 0.0128. The van der Waals surface area contributed by atoms with Crippen LogP contribution in [0.3, 0.4) is 0 Å². The zero-order valence-corrected chi connectivity index (χ0v) is 20.4. The van der Waals surface area contributed by atoms with Gasteiger partial charge in [-0.2, -0.15) is 0 Å². The molecule has 1 atom stereocenters. The maximum absolute atomic E-state index is 5.22. The number of likely N-dealkylation sites (tertiary alicyclic amines) is 1. The van der Waals surface area contributed by atoms with Gasteiger partial charge < -0.3 is 25.6 Å². The topological polar surface area (TPSA) is 60.9 Å². The third kappa shape index (κ3) is 8.43. The molecule has 1 aliphatic heterocycles. The van der Waals surface area contributed by atoms with Crippen molar-refractivity contribution in [1.29, 1.82) is 0 Å². The number of benzene rings is 1. The molecule has 0 radical (unpaired) electrons. The van der Waals surface area contributed by atoms with Crippen LogP contribution >= 0.6 is 0 Å². The molecule has 1 aromatic rings. The average Bonchev–Trinajstić information content (AvgIpc) is 2.81. The number of piperidine rings is 1. The van der Waals surface area contributed by atoms with E-state index >= 15 is 0 Å². The molecule has 0 amide bonds. The van der Waals surface area contributed by atoms with Crippen LogP contribution in [0.25, 0.3) is 0 Å². The predicted octanol–water partition coefficient (Wildman–Crippen LogP) is 3.56. The number of hydrogen-bond acceptors (Lipinski definition) is 4. The van der Waals surface area contributed by atoms with Gasteiger partial charge in [-0.25, -0.2) is 0 Å². The summed E-state index contributed by atoms with van der Waals surface area (Å²) in [4.78, 5) is 7.52. The Bertz CT molecular complexity index is 624. The van der Waals surface area contributed by atoms with Gasteiger partial charge in [-0.15, -0.1) is 0 Å². The van der Waals surface area contributed by atoms with Crippen molar-refractivity contribution in [3.63, 3.8) is 0 Å². The lowest BCUT2D eigenvalue weighted by molar-refractivity contribution is 0.128. The van der Waals surface area contributed by atoms with Gasteiger partial charge >= 0.3 is 0 Å². The quantitative estimate of drug-likeness (QED) is 0.349. The van der Waals surface area contributed by atoms with Crippen molar-refractivity contribution in [2.24, 2.45) is 4.99 Å². The van der Waals surface area contributed by atoms with Gasteiger partial charge in [0.2, 0.25) is 0 Å². The van der Waals surface area contributed by atoms with Crippen molar-refractivity contribution in [2.45, 2.75) is 71.0 Å². The molecule has 6 heteroatoms. The molecule has 0 aromatic heterocycles. The molecule has 6 nitrogen and oxygen atoms in total. The smallest absolute Gasteiger partial charge is 0.191 e. The highest BCUT2D eigenvalue weighted by atomic mass is 16.5. The van der Waals surface area contributed by atoms with E-state index in [9.17, 15) is 0 Å². The van der Waals surface area contributed by atoms with Crippen molar-refractivity contribution < 1.29 is 4.74 Å². The zero-order chi connectivity index (χ0) is 22.5. The fraction of sp³-hybridized carbons (Fsp3) is 0.720. The Kier molecular flexibility index (Phi) is 11.3. The molecule has 0 aliphatic carbocycles. The number of methoxy groups -OCH3 is 1. The fourth-order valence-electron chi connectivity index (χ4n) is 4.27. The first-order valence-corrected chi connectivity index (χ1v) is 12.1. The second-order valence-electron chi connectivity index (χ2n) is 8.71. The van der Waals surface area contributed by atoms with Crippen molar-refractivity contribution >= 4 is 5.96 Å². The predicted molar refractivity (Wildman–Crippen MR) is 132 cm³/mol. The van der Waals surface area contributed by atoms with Crippen molar-refractivity contribution in [3.8, 4) is 0 Å². The summed E-state index contributed by atoms with van der Waals surface area (Å²) in [5.74, 6) is 0.943. The van der Waals surface area contributed by atoms with E-state index in [4.69, 9.17) is 9.73 Å². The summed E-state index contributed by atoms with van der Waals surface area (Å²) >= 11 is 0. The van der Waals surface area contributed by atoms with E-state index < -0.39 is 0 Å². The summed E-state index contributed by atoms with van der Waals surface area (Å²) in [6.45, 7) is 14.6. The molecule has 0 bridgehead atoms. The highest BCUT2D eigenvalue weighted by Crippen LogP contribution is 2.22. The number of rotatable bonds is 12. The molecular formula is C25H45N5O. The lowest BCUT2D eigenvalue weighted by Crippen LogP contribution is -2.51. The Morgan fingerprint density at radius 1 is 1.16 bits per heavy atom. The fourth-order valence-corrected chi connectivity index (χ4v) is 4.27. The van der Waals surface area contributed by atoms with Crippen molar-refractivity contribution in [3.05, 3.63) is 35.9 Å². The molecule has 2 rings (SSSR count). The summed E-state index contributed by atoms with van der Waals surface area (Å²) in [6.07, 6.45) is 4.37. The van der Waals surface area contributed by atoms with Crippen molar-refractivity contribution in [1.82, 2.24) is 20.9 Å². The standard InChI is InChI=1S/C25H45N5O/c1-6-25(7-2,29-21(4)22-12-10-9-11-13-22)20-27-24(26-8-3)28-23-14-16-30(17-15-23)18-19-31-5/h9-13,21,23,29H,6-8,14-20H2,1-5H3,(H2,26,27,28). The Morgan fingerprint density at radius 3 is 2.42 bits per heavy atom. The number of guanidine groups is 1. The normalized spacial score (nSPS) is 17.5. The molecule has 1 heterocycles. The Hall–Kier alpha value is -1.63. The number of aliphatic imine (C=N–C) groups is 1. The molecule has 1 aromatic carbocycles. The molecular weight excluding hydrogens is 386 g/mol. The monoisotopic (exact) mass is 431 g/mol. The van der Waals surface area contributed by atoms with E-state index in [1.165, 1.54) is 5.56 Å². The molecule has 3 N–H and O–H groups in total. The number of nitrogens with zero attached hydrogens (tertiary/aromatic N) is 2. The Labute approximate surface area is 190 Å². The third-order valence-electron chi connectivity index (χ3n) is 6.60. The molecule has 1 fully saturated rings. The van der Waals surface area contributed by atoms with Crippen LogP contribution < -0.4 is 16.0 Å². The second kappa shape index (κ2) is 13.7. The van der Waals surface area contributed by atoms with E-state index in [0.717, 1.165) is 71.0 Å². The minimum Gasteiger partial charge on any atom is -0.383 e.